The van der Waals surface area contributed by atoms with Crippen LogP contribution < -0.4 is 15.6 Å². The normalized spacial score (nSPS) is 22.4. The van der Waals surface area contributed by atoms with E-state index in [1.54, 1.807) is 0 Å². The summed E-state index contributed by atoms with van der Waals surface area (Å²) in [4.78, 5) is 0. The van der Waals surface area contributed by atoms with Crippen molar-refractivity contribution in [2.45, 2.75) is 30.7 Å². The molecule has 5 aromatic rings. The first-order valence-corrected chi connectivity index (χ1v) is 16.4. The summed E-state index contributed by atoms with van der Waals surface area (Å²) in [6, 6.07) is 40.0. The van der Waals surface area contributed by atoms with Crippen LogP contribution in [0.4, 0.5) is 0 Å². The van der Waals surface area contributed by atoms with E-state index in [1.807, 2.05) is 48.5 Å². The van der Waals surface area contributed by atoms with Gasteiger partial charge >= 0.3 is 0 Å². The molecule has 3 heterocycles. The fourth-order valence-corrected chi connectivity index (χ4v) is 7.74. The van der Waals surface area contributed by atoms with Crippen LogP contribution in [0.25, 0.3) is 11.1 Å². The molecule has 0 saturated carbocycles. The smallest absolute Gasteiger partial charge is 0.240 e. The van der Waals surface area contributed by atoms with Gasteiger partial charge in [0.1, 0.15) is 11.5 Å². The molecule has 1 spiro atoms. The van der Waals surface area contributed by atoms with E-state index >= 15 is 0 Å². The van der Waals surface area contributed by atoms with Gasteiger partial charge in [-0.05, 0) is 77.6 Å². The molecule has 7 nitrogen and oxygen atoms in total. The molecule has 5 aromatic carbocycles. The van der Waals surface area contributed by atoms with Crippen molar-refractivity contribution in [3.8, 4) is 22.6 Å². The molecular formula is C41H30N4O3. The average molecular weight is 627 g/mol. The van der Waals surface area contributed by atoms with Crippen LogP contribution in [-0.4, -0.2) is 18.0 Å². The molecule has 0 amide bonds. The molecule has 3 atom stereocenters. The van der Waals surface area contributed by atoms with Crippen LogP contribution >= 0.6 is 0 Å². The van der Waals surface area contributed by atoms with E-state index in [2.05, 4.69) is 106 Å². The van der Waals surface area contributed by atoms with Gasteiger partial charge in [-0.2, -0.15) is 0 Å². The van der Waals surface area contributed by atoms with Gasteiger partial charge < -0.3 is 14.2 Å². The number of fused-ring (bicyclic) bond motifs is 9. The fraction of sp³-hybridized carbons (Fsp3) is 0.122. The van der Waals surface area contributed by atoms with Gasteiger partial charge in [0.15, 0.2) is 0 Å². The summed E-state index contributed by atoms with van der Waals surface area (Å²) in [5, 5.41) is 9.20. The Hall–Kier alpha value is -6.08. The van der Waals surface area contributed by atoms with Crippen molar-refractivity contribution >= 4 is 11.8 Å². The minimum atomic E-state index is -0.662. The van der Waals surface area contributed by atoms with Gasteiger partial charge in [0, 0.05) is 33.4 Å². The van der Waals surface area contributed by atoms with Crippen LogP contribution in [0.1, 0.15) is 58.0 Å². The van der Waals surface area contributed by atoms with Gasteiger partial charge in [-0.1, -0.05) is 91.0 Å². The van der Waals surface area contributed by atoms with E-state index in [4.69, 9.17) is 14.2 Å². The number of nitrogens with one attached hydrogen (secondary N) is 2. The molecule has 7 heteroatoms. The number of ether oxygens (including phenoxy) is 3. The second-order valence-electron chi connectivity index (χ2n) is 12.5. The van der Waals surface area contributed by atoms with Crippen LogP contribution in [0.5, 0.6) is 11.5 Å². The van der Waals surface area contributed by atoms with E-state index in [-0.39, 0.29) is 6.23 Å². The zero-order chi connectivity index (χ0) is 31.7. The Labute approximate surface area is 277 Å². The Bertz CT molecular complexity index is 2260. The first-order valence-electron chi connectivity index (χ1n) is 16.4. The second kappa shape index (κ2) is 10.5. The van der Waals surface area contributed by atoms with E-state index in [9.17, 15) is 0 Å². The zero-order valence-electron chi connectivity index (χ0n) is 25.9. The van der Waals surface area contributed by atoms with Crippen molar-refractivity contribution in [2.75, 3.05) is 0 Å². The minimum absolute atomic E-state index is 0.309. The lowest BCUT2D eigenvalue weighted by molar-refractivity contribution is 0.191. The summed E-state index contributed by atoms with van der Waals surface area (Å²) in [5.74, 6) is 2.78. The molecule has 2 aliphatic carbocycles. The van der Waals surface area contributed by atoms with E-state index < -0.39 is 11.6 Å². The van der Waals surface area contributed by atoms with Crippen LogP contribution in [0.15, 0.2) is 149 Å². The summed E-state index contributed by atoms with van der Waals surface area (Å²) in [5.41, 5.74) is 16.5. The lowest BCUT2D eigenvalue weighted by Gasteiger charge is -2.39. The molecule has 232 valence electrons. The Morgan fingerprint density at radius 3 is 2.19 bits per heavy atom. The quantitative estimate of drug-likeness (QED) is 0.207. The molecule has 3 unspecified atom stereocenters. The highest BCUT2D eigenvalue weighted by Gasteiger charge is 2.51. The van der Waals surface area contributed by atoms with E-state index in [1.165, 1.54) is 16.7 Å². The third-order valence-electron chi connectivity index (χ3n) is 9.89. The maximum absolute atomic E-state index is 6.65. The molecule has 3 aliphatic heterocycles. The first kappa shape index (κ1) is 27.1. The van der Waals surface area contributed by atoms with Crippen molar-refractivity contribution in [3.63, 3.8) is 0 Å². The second-order valence-corrected chi connectivity index (χ2v) is 12.5. The highest BCUT2D eigenvalue weighted by molar-refractivity contribution is 5.97. The standard InChI is InChI=1S/C41H30N4O3/c1-3-11-25(12-4-1)37-42-44-39(47-37)27-19-21-30-29-15-7-8-16-31(29)41(33(30)23-27)32-17-9-10-18-35(32)46-36-22-20-28(24-34(36)41)40-45-43-38(48-40)26-13-5-2-6-14-26/h1,3-5,7-24,38-39,43-44H,2,6H2. The third kappa shape index (κ3) is 3.94. The van der Waals surface area contributed by atoms with E-state index in [0.717, 1.165) is 63.3 Å². The number of nitrogens with zero attached hydrogens (tertiary/aromatic N) is 2. The largest absolute Gasteiger partial charge is 0.457 e. The first-order chi connectivity index (χ1) is 23.8. The molecule has 10 rings (SSSR count). The molecule has 0 fully saturated rings. The monoisotopic (exact) mass is 626 g/mol. The average Bonchev–Trinajstić information content (AvgIpc) is 3.91. The topological polar surface area (TPSA) is 76.5 Å². The van der Waals surface area contributed by atoms with Gasteiger partial charge in [0.05, 0.1) is 5.41 Å². The predicted molar refractivity (Wildman–Crippen MR) is 185 cm³/mol. The van der Waals surface area contributed by atoms with Crippen LogP contribution in [0, 0.1) is 0 Å². The predicted octanol–water partition coefficient (Wildman–Crippen LogP) is 8.02. The molecule has 0 aromatic heterocycles. The highest BCUT2D eigenvalue weighted by Crippen LogP contribution is 2.62. The number of allylic oxidation sites excluding steroid dienone is 2. The lowest BCUT2D eigenvalue weighted by atomic mass is 9.65. The van der Waals surface area contributed by atoms with Crippen molar-refractivity contribution in [1.82, 2.24) is 10.9 Å². The summed E-state index contributed by atoms with van der Waals surface area (Å²) >= 11 is 0. The van der Waals surface area contributed by atoms with Gasteiger partial charge in [0.2, 0.25) is 24.3 Å². The van der Waals surface area contributed by atoms with Crippen LogP contribution in [0.3, 0.4) is 0 Å². The summed E-state index contributed by atoms with van der Waals surface area (Å²) < 4.78 is 19.5. The maximum Gasteiger partial charge on any atom is 0.240 e. The number of hydrogen-bond acceptors (Lipinski definition) is 7. The molecular weight excluding hydrogens is 596 g/mol. The molecule has 0 radical (unpaired) electrons. The van der Waals surface area contributed by atoms with Gasteiger partial charge in [-0.15, -0.1) is 10.2 Å². The fourth-order valence-electron chi connectivity index (χ4n) is 7.74. The van der Waals surface area contributed by atoms with Crippen molar-refractivity contribution in [2.24, 2.45) is 10.2 Å². The summed E-state index contributed by atoms with van der Waals surface area (Å²) in [6.45, 7) is 0. The Morgan fingerprint density at radius 2 is 1.31 bits per heavy atom. The van der Waals surface area contributed by atoms with Crippen molar-refractivity contribution in [3.05, 3.63) is 178 Å². The lowest BCUT2D eigenvalue weighted by Crippen LogP contribution is -2.32. The van der Waals surface area contributed by atoms with Gasteiger partial charge in [0.25, 0.3) is 0 Å². The van der Waals surface area contributed by atoms with Crippen LogP contribution in [0.2, 0.25) is 0 Å². The summed E-state index contributed by atoms with van der Waals surface area (Å²) in [7, 11) is 0. The molecule has 48 heavy (non-hydrogen) atoms. The zero-order valence-corrected chi connectivity index (χ0v) is 25.9. The number of hydrogen-bond donors (Lipinski definition) is 2. The third-order valence-corrected chi connectivity index (χ3v) is 9.89. The number of hydrazone groups is 2. The number of para-hydroxylation sites is 1. The van der Waals surface area contributed by atoms with Crippen LogP contribution in [-0.2, 0) is 14.9 Å². The molecule has 5 aliphatic rings. The Kier molecular flexibility index (Phi) is 5.90. The highest BCUT2D eigenvalue weighted by atomic mass is 16.5. The van der Waals surface area contributed by atoms with Gasteiger partial charge in [-0.25, -0.2) is 0 Å². The Morgan fingerprint density at radius 1 is 0.583 bits per heavy atom. The van der Waals surface area contributed by atoms with Crippen molar-refractivity contribution < 1.29 is 14.2 Å². The Balaban J connectivity index is 1.12. The molecule has 0 saturated heterocycles. The van der Waals surface area contributed by atoms with E-state index in [0.29, 0.717) is 11.8 Å². The summed E-state index contributed by atoms with van der Waals surface area (Å²) in [6.07, 6.45) is 7.82. The number of rotatable bonds is 4. The minimum Gasteiger partial charge on any atom is -0.457 e. The maximum atomic E-state index is 6.65. The van der Waals surface area contributed by atoms with Crippen molar-refractivity contribution in [1.29, 1.82) is 0 Å². The SMILES string of the molecule is C1=CC(C2NN=C(c3ccc4c(c3)C3(c5ccccc5O4)c4ccccc4-c4ccc(C5NN=C(c6ccccc6)O5)cc43)O2)=CCC1. The van der Waals surface area contributed by atoms with Gasteiger partial charge in [-0.3, -0.25) is 10.9 Å². The molecule has 2 N–H and O–H groups in total. The number of benzene rings is 5. The molecule has 0 bridgehead atoms.